The highest BCUT2D eigenvalue weighted by Gasteiger charge is 2.36. The maximum Gasteiger partial charge on any atom is 0.251 e. The molecule has 142 valence electrons. The monoisotopic (exact) mass is 394 g/mol. The lowest BCUT2D eigenvalue weighted by atomic mass is 10.1. The van der Waals surface area contributed by atoms with Crippen molar-refractivity contribution < 1.29 is 9.59 Å². The number of carbonyl (C=O) groups is 2. The average Bonchev–Trinajstić information content (AvgIpc) is 3.11. The third-order valence-corrected chi connectivity index (χ3v) is 5.07. The first kappa shape index (κ1) is 18.3. The fraction of sp³-hybridized carbons (Fsp3) is 0.190. The van der Waals surface area contributed by atoms with Crippen LogP contribution in [0.4, 0.5) is 11.5 Å². The van der Waals surface area contributed by atoms with Crippen LogP contribution in [0.2, 0.25) is 5.02 Å². The smallest absolute Gasteiger partial charge is 0.251 e. The maximum absolute atomic E-state index is 12.5. The summed E-state index contributed by atoms with van der Waals surface area (Å²) in [5.74, 6) is 0.115. The summed E-state index contributed by atoms with van der Waals surface area (Å²) in [6, 6.07) is 14.2. The van der Waals surface area contributed by atoms with Crippen LogP contribution in [0.5, 0.6) is 0 Å². The average molecular weight is 395 g/mol. The first-order valence-electron chi connectivity index (χ1n) is 8.95. The second-order valence-electron chi connectivity index (χ2n) is 6.84. The molecule has 2 heterocycles. The van der Waals surface area contributed by atoms with E-state index < -0.39 is 6.04 Å². The quantitative estimate of drug-likeness (QED) is 0.691. The number of aromatic nitrogens is 2. The van der Waals surface area contributed by atoms with Crippen molar-refractivity contribution in [2.45, 2.75) is 26.3 Å². The first-order valence-corrected chi connectivity index (χ1v) is 9.33. The predicted molar refractivity (Wildman–Crippen MR) is 110 cm³/mol. The van der Waals surface area contributed by atoms with Crippen molar-refractivity contribution in [3.8, 4) is 11.1 Å². The first-order chi connectivity index (χ1) is 13.4. The molecule has 1 aliphatic rings. The number of carbonyl (C=O) groups excluding carboxylic acids is 2. The van der Waals surface area contributed by atoms with E-state index in [2.05, 4.69) is 15.7 Å². The molecule has 0 aliphatic carbocycles. The molecule has 7 heteroatoms. The highest BCUT2D eigenvalue weighted by molar-refractivity contribution is 6.30. The largest absolute Gasteiger partial charge is 0.326 e. The van der Waals surface area contributed by atoms with Crippen LogP contribution in [0.3, 0.4) is 0 Å². The maximum atomic E-state index is 12.5. The number of rotatable bonds is 4. The number of nitrogens with one attached hydrogen (secondary N) is 2. The van der Waals surface area contributed by atoms with Crippen LogP contribution in [0.1, 0.15) is 23.7 Å². The molecule has 2 N–H and O–H groups in total. The molecule has 28 heavy (non-hydrogen) atoms. The number of fused-ring (bicyclic) bond motifs is 1. The molecule has 1 aromatic heterocycles. The standard InChI is InChI=1S/C21H19ClN4O2/c1-12-6-3-4-9-16(12)23-18(27)11-17-21(28)24-20-19(13(2)25-26(17)20)14-7-5-8-15(22)10-14/h3-10,17H,11H2,1-2H3,(H,23,27)(H,24,28). The summed E-state index contributed by atoms with van der Waals surface area (Å²) in [6.07, 6.45) is 0.00325. The van der Waals surface area contributed by atoms with Gasteiger partial charge in [0.2, 0.25) is 5.91 Å². The third-order valence-electron chi connectivity index (χ3n) is 4.84. The van der Waals surface area contributed by atoms with Crippen molar-refractivity contribution in [2.75, 3.05) is 10.6 Å². The SMILES string of the molecule is Cc1ccccc1NC(=O)CC1C(=O)Nc2c(-c3cccc(Cl)c3)c(C)nn21. The molecule has 1 aliphatic heterocycles. The van der Waals surface area contributed by atoms with Gasteiger partial charge in [-0.05, 0) is 43.2 Å². The van der Waals surface area contributed by atoms with Gasteiger partial charge in [0.15, 0.2) is 0 Å². The molecule has 4 rings (SSSR count). The van der Waals surface area contributed by atoms with Gasteiger partial charge in [0.1, 0.15) is 11.9 Å². The Balaban J connectivity index is 1.60. The predicted octanol–water partition coefficient (Wildman–Crippen LogP) is 4.34. The minimum atomic E-state index is -0.689. The molecule has 0 saturated heterocycles. The number of hydrogen-bond acceptors (Lipinski definition) is 3. The number of aryl methyl sites for hydroxylation is 2. The molecule has 2 aromatic carbocycles. The van der Waals surface area contributed by atoms with E-state index >= 15 is 0 Å². The number of hydrogen-bond donors (Lipinski definition) is 2. The summed E-state index contributed by atoms with van der Waals surface area (Å²) < 4.78 is 1.60. The third kappa shape index (κ3) is 3.27. The second kappa shape index (κ2) is 7.13. The summed E-state index contributed by atoms with van der Waals surface area (Å²) in [7, 11) is 0. The Bertz CT molecular complexity index is 1090. The molecular weight excluding hydrogens is 376 g/mol. The van der Waals surface area contributed by atoms with Crippen LogP contribution in [-0.2, 0) is 9.59 Å². The topological polar surface area (TPSA) is 76.0 Å². The van der Waals surface area contributed by atoms with Crippen molar-refractivity contribution in [1.29, 1.82) is 0 Å². The van der Waals surface area contributed by atoms with E-state index in [4.69, 9.17) is 11.6 Å². The molecule has 1 atom stereocenters. The number of benzene rings is 2. The van der Waals surface area contributed by atoms with Gasteiger partial charge in [-0.15, -0.1) is 0 Å². The normalized spacial score (nSPS) is 15.2. The Morgan fingerprint density at radius 2 is 2.00 bits per heavy atom. The number of anilines is 2. The van der Waals surface area contributed by atoms with Gasteiger partial charge < -0.3 is 10.6 Å². The molecule has 2 amide bonds. The van der Waals surface area contributed by atoms with Crippen LogP contribution >= 0.6 is 11.6 Å². The van der Waals surface area contributed by atoms with Crippen molar-refractivity contribution in [2.24, 2.45) is 0 Å². The number of para-hydroxylation sites is 1. The van der Waals surface area contributed by atoms with Crippen LogP contribution in [0.15, 0.2) is 48.5 Å². The van der Waals surface area contributed by atoms with Crippen LogP contribution in [-0.4, -0.2) is 21.6 Å². The van der Waals surface area contributed by atoms with E-state index in [1.807, 2.05) is 56.3 Å². The van der Waals surface area contributed by atoms with Gasteiger partial charge in [-0.2, -0.15) is 5.10 Å². The van der Waals surface area contributed by atoms with Crippen molar-refractivity contribution in [3.05, 3.63) is 64.8 Å². The molecule has 0 radical (unpaired) electrons. The van der Waals surface area contributed by atoms with Gasteiger partial charge in [0.05, 0.1) is 12.1 Å². The summed E-state index contributed by atoms with van der Waals surface area (Å²) in [4.78, 5) is 25.1. The zero-order valence-electron chi connectivity index (χ0n) is 15.5. The molecule has 6 nitrogen and oxygen atoms in total. The van der Waals surface area contributed by atoms with Gasteiger partial charge in [0.25, 0.3) is 5.91 Å². The summed E-state index contributed by atoms with van der Waals surface area (Å²) in [5, 5.41) is 10.9. The fourth-order valence-electron chi connectivity index (χ4n) is 3.46. The summed E-state index contributed by atoms with van der Waals surface area (Å²) in [5.41, 5.74) is 4.16. The zero-order chi connectivity index (χ0) is 19.8. The summed E-state index contributed by atoms with van der Waals surface area (Å²) in [6.45, 7) is 3.79. The van der Waals surface area contributed by atoms with Gasteiger partial charge in [-0.3, -0.25) is 9.59 Å². The van der Waals surface area contributed by atoms with Crippen LogP contribution in [0.25, 0.3) is 11.1 Å². The van der Waals surface area contributed by atoms with Crippen molar-refractivity contribution in [1.82, 2.24) is 9.78 Å². The Morgan fingerprint density at radius 3 is 2.75 bits per heavy atom. The lowest BCUT2D eigenvalue weighted by Gasteiger charge is -2.11. The molecule has 1 unspecified atom stereocenters. The number of halogens is 1. The Labute approximate surface area is 167 Å². The molecule has 0 spiro atoms. The van der Waals surface area contributed by atoms with E-state index in [0.29, 0.717) is 10.8 Å². The fourth-order valence-corrected chi connectivity index (χ4v) is 3.65. The highest BCUT2D eigenvalue weighted by atomic mass is 35.5. The van der Waals surface area contributed by atoms with Gasteiger partial charge in [-0.1, -0.05) is 41.9 Å². The summed E-state index contributed by atoms with van der Waals surface area (Å²) >= 11 is 6.11. The van der Waals surface area contributed by atoms with Gasteiger partial charge in [-0.25, -0.2) is 4.68 Å². The molecule has 0 bridgehead atoms. The minimum absolute atomic E-state index is 0.00325. The van der Waals surface area contributed by atoms with Gasteiger partial charge >= 0.3 is 0 Å². The van der Waals surface area contributed by atoms with Gasteiger partial charge in [0, 0.05) is 16.3 Å². The Kier molecular flexibility index (Phi) is 4.65. The lowest BCUT2D eigenvalue weighted by Crippen LogP contribution is -2.24. The minimum Gasteiger partial charge on any atom is -0.326 e. The van der Waals surface area contributed by atoms with Crippen molar-refractivity contribution >= 4 is 34.9 Å². The number of nitrogens with zero attached hydrogens (tertiary/aromatic N) is 2. The Hall–Kier alpha value is -3.12. The van der Waals surface area contributed by atoms with E-state index in [-0.39, 0.29) is 18.2 Å². The lowest BCUT2D eigenvalue weighted by molar-refractivity contribution is -0.123. The Morgan fingerprint density at radius 1 is 1.21 bits per heavy atom. The van der Waals surface area contributed by atoms with E-state index in [1.54, 1.807) is 10.7 Å². The number of amides is 2. The molecule has 0 fully saturated rings. The van der Waals surface area contributed by atoms with Crippen LogP contribution < -0.4 is 10.6 Å². The van der Waals surface area contributed by atoms with E-state index in [0.717, 1.165) is 28.1 Å². The molecule has 0 saturated carbocycles. The van der Waals surface area contributed by atoms with Crippen molar-refractivity contribution in [3.63, 3.8) is 0 Å². The molecule has 3 aromatic rings. The molecular formula is C21H19ClN4O2. The second-order valence-corrected chi connectivity index (χ2v) is 7.27. The highest BCUT2D eigenvalue weighted by Crippen LogP contribution is 2.38. The van der Waals surface area contributed by atoms with E-state index in [1.165, 1.54) is 0 Å². The van der Waals surface area contributed by atoms with Crippen LogP contribution in [0, 0.1) is 13.8 Å². The van der Waals surface area contributed by atoms with E-state index in [9.17, 15) is 9.59 Å². The zero-order valence-corrected chi connectivity index (χ0v) is 16.2.